The number of carbonyl (C=O) groups is 2. The fourth-order valence-electron chi connectivity index (χ4n) is 2.44. The van der Waals surface area contributed by atoms with Crippen molar-refractivity contribution in [1.29, 1.82) is 0 Å². The highest BCUT2D eigenvalue weighted by Crippen LogP contribution is 2.25. The molecule has 0 spiro atoms. The Hall–Kier alpha value is -2.54. The van der Waals surface area contributed by atoms with Gasteiger partial charge in [0, 0.05) is 11.3 Å². The molecule has 0 bridgehead atoms. The molecule has 0 saturated heterocycles. The van der Waals surface area contributed by atoms with Crippen molar-refractivity contribution in [2.45, 2.75) is 25.1 Å². The average Bonchev–Trinajstić information content (AvgIpc) is 2.67. The normalized spacial score (nSPS) is 12.7. The van der Waals surface area contributed by atoms with E-state index in [1.165, 1.54) is 36.0 Å². The Morgan fingerprint density at radius 3 is 2.44 bits per heavy atom. The van der Waals surface area contributed by atoms with Crippen molar-refractivity contribution < 1.29 is 18.7 Å². The lowest BCUT2D eigenvalue weighted by Gasteiger charge is -2.19. The van der Waals surface area contributed by atoms with Crippen LogP contribution in [-0.4, -0.2) is 29.9 Å². The summed E-state index contributed by atoms with van der Waals surface area (Å²) in [6.45, 7) is 3.63. The molecule has 7 heteroatoms. The summed E-state index contributed by atoms with van der Waals surface area (Å²) in [5, 5.41) is 5.21. The monoisotopic (exact) mass is 390 g/mol. The lowest BCUT2D eigenvalue weighted by molar-refractivity contribution is -0.120. The van der Waals surface area contributed by atoms with Crippen LogP contribution in [0.3, 0.4) is 0 Å². The third kappa shape index (κ3) is 6.29. The third-order valence-electron chi connectivity index (χ3n) is 3.93. The van der Waals surface area contributed by atoms with Crippen molar-refractivity contribution >= 4 is 29.3 Å². The van der Waals surface area contributed by atoms with E-state index in [9.17, 15) is 14.0 Å². The van der Waals surface area contributed by atoms with Crippen LogP contribution in [-0.2, 0) is 9.59 Å². The van der Waals surface area contributed by atoms with Crippen LogP contribution in [0.5, 0.6) is 5.75 Å². The van der Waals surface area contributed by atoms with Crippen LogP contribution >= 0.6 is 11.8 Å². The molecule has 2 aromatic carbocycles. The molecule has 27 heavy (non-hydrogen) atoms. The van der Waals surface area contributed by atoms with E-state index in [0.29, 0.717) is 11.4 Å². The van der Waals surface area contributed by atoms with Crippen molar-refractivity contribution in [2.24, 2.45) is 0 Å². The van der Waals surface area contributed by atoms with Crippen LogP contribution in [0.1, 0.15) is 25.5 Å². The van der Waals surface area contributed by atoms with Crippen LogP contribution in [0.4, 0.5) is 10.1 Å². The summed E-state index contributed by atoms with van der Waals surface area (Å²) in [4.78, 5) is 24.4. The zero-order valence-corrected chi connectivity index (χ0v) is 16.3. The van der Waals surface area contributed by atoms with Crippen LogP contribution < -0.4 is 15.4 Å². The van der Waals surface area contributed by atoms with Gasteiger partial charge in [-0.2, -0.15) is 0 Å². The second-order valence-electron chi connectivity index (χ2n) is 5.98. The van der Waals surface area contributed by atoms with Gasteiger partial charge in [-0.1, -0.05) is 18.2 Å². The molecule has 0 aliphatic rings. The molecule has 0 saturated carbocycles. The van der Waals surface area contributed by atoms with Gasteiger partial charge in [0.15, 0.2) is 0 Å². The summed E-state index contributed by atoms with van der Waals surface area (Å²) in [6.07, 6.45) is 0. The molecule has 144 valence electrons. The van der Waals surface area contributed by atoms with Crippen molar-refractivity contribution in [1.82, 2.24) is 5.32 Å². The fourth-order valence-corrected chi connectivity index (χ4v) is 3.13. The summed E-state index contributed by atoms with van der Waals surface area (Å²) < 4.78 is 18.2. The number of nitrogens with one attached hydrogen (secondary N) is 2. The van der Waals surface area contributed by atoms with Gasteiger partial charge in [-0.05, 0) is 44.2 Å². The maximum atomic E-state index is 12.9. The number of rotatable bonds is 8. The van der Waals surface area contributed by atoms with Crippen LogP contribution in [0, 0.1) is 5.82 Å². The molecule has 2 atom stereocenters. The first kappa shape index (κ1) is 20.8. The van der Waals surface area contributed by atoms with Crippen LogP contribution in [0.15, 0.2) is 48.5 Å². The van der Waals surface area contributed by atoms with Gasteiger partial charge in [0.2, 0.25) is 11.8 Å². The van der Waals surface area contributed by atoms with Gasteiger partial charge in [-0.15, -0.1) is 11.8 Å². The second kappa shape index (κ2) is 9.97. The minimum atomic E-state index is -0.402. The number of amides is 2. The Morgan fingerprint density at radius 1 is 1.11 bits per heavy atom. The number of methoxy groups -OCH3 is 1. The number of halogens is 1. The molecule has 0 heterocycles. The molecular formula is C20H23FN2O3S. The van der Waals surface area contributed by atoms with E-state index in [1.807, 2.05) is 31.2 Å². The number of benzene rings is 2. The first-order valence-electron chi connectivity index (χ1n) is 8.51. The molecule has 0 aliphatic carbocycles. The molecule has 2 amide bonds. The zero-order valence-electron chi connectivity index (χ0n) is 15.5. The quantitative estimate of drug-likeness (QED) is 0.720. The Bertz CT molecular complexity index is 783. The third-order valence-corrected chi connectivity index (χ3v) is 5.07. The zero-order chi connectivity index (χ0) is 19.8. The fraction of sp³-hybridized carbons (Fsp3) is 0.300. The van der Waals surface area contributed by atoms with E-state index in [-0.39, 0.29) is 29.4 Å². The molecule has 2 N–H and O–H groups in total. The summed E-state index contributed by atoms with van der Waals surface area (Å²) in [6, 6.07) is 12.8. The molecular weight excluding hydrogens is 367 g/mol. The van der Waals surface area contributed by atoms with E-state index < -0.39 is 5.25 Å². The Kier molecular flexibility index (Phi) is 7.67. The predicted octanol–water partition coefficient (Wildman–Crippen LogP) is 3.77. The molecule has 0 aliphatic heterocycles. The van der Waals surface area contributed by atoms with Gasteiger partial charge in [0.1, 0.15) is 11.6 Å². The molecule has 2 rings (SSSR count). The smallest absolute Gasteiger partial charge is 0.234 e. The summed E-state index contributed by atoms with van der Waals surface area (Å²) >= 11 is 1.23. The van der Waals surface area contributed by atoms with Crippen molar-refractivity contribution in [3.63, 3.8) is 0 Å². The van der Waals surface area contributed by atoms with Crippen molar-refractivity contribution in [3.8, 4) is 5.75 Å². The van der Waals surface area contributed by atoms with E-state index in [1.54, 1.807) is 14.0 Å². The molecule has 2 unspecified atom stereocenters. The molecule has 0 radical (unpaired) electrons. The Labute approximate surface area is 162 Å². The SMILES string of the molecule is COc1ccccc1C(C)NC(=O)C(C)SCC(=O)Nc1ccc(F)cc1. The minimum Gasteiger partial charge on any atom is -0.496 e. The number of para-hydroxylation sites is 1. The number of hydrogen-bond donors (Lipinski definition) is 2. The highest BCUT2D eigenvalue weighted by Gasteiger charge is 2.19. The predicted molar refractivity (Wildman–Crippen MR) is 107 cm³/mol. The molecule has 0 fully saturated rings. The highest BCUT2D eigenvalue weighted by molar-refractivity contribution is 8.01. The number of thioether (sulfide) groups is 1. The molecule has 0 aromatic heterocycles. The topological polar surface area (TPSA) is 67.4 Å². The first-order valence-corrected chi connectivity index (χ1v) is 9.56. The maximum absolute atomic E-state index is 12.9. The summed E-state index contributed by atoms with van der Waals surface area (Å²) in [5.41, 5.74) is 1.41. The van der Waals surface area contributed by atoms with Gasteiger partial charge in [0.05, 0.1) is 24.2 Å². The van der Waals surface area contributed by atoms with Gasteiger partial charge in [-0.25, -0.2) is 4.39 Å². The van der Waals surface area contributed by atoms with Gasteiger partial charge < -0.3 is 15.4 Å². The van der Waals surface area contributed by atoms with Crippen LogP contribution in [0.2, 0.25) is 0 Å². The van der Waals surface area contributed by atoms with Crippen LogP contribution in [0.25, 0.3) is 0 Å². The number of carbonyl (C=O) groups excluding carboxylic acids is 2. The lowest BCUT2D eigenvalue weighted by Crippen LogP contribution is -2.34. The lowest BCUT2D eigenvalue weighted by atomic mass is 10.1. The minimum absolute atomic E-state index is 0.120. The summed E-state index contributed by atoms with van der Waals surface area (Å²) in [5.74, 6) is 0.0628. The maximum Gasteiger partial charge on any atom is 0.234 e. The van der Waals surface area contributed by atoms with Crippen molar-refractivity contribution in [3.05, 3.63) is 59.9 Å². The van der Waals surface area contributed by atoms with Gasteiger partial charge in [-0.3, -0.25) is 9.59 Å². The van der Waals surface area contributed by atoms with Gasteiger partial charge in [0.25, 0.3) is 0 Å². The van der Waals surface area contributed by atoms with E-state index in [0.717, 1.165) is 5.56 Å². The Morgan fingerprint density at radius 2 is 1.78 bits per heavy atom. The standard InChI is InChI=1S/C20H23FN2O3S/c1-13(17-6-4-5-7-18(17)26-3)22-20(25)14(2)27-12-19(24)23-16-10-8-15(21)9-11-16/h4-11,13-14H,12H2,1-3H3,(H,22,25)(H,23,24). The summed E-state index contributed by atoms with van der Waals surface area (Å²) in [7, 11) is 1.59. The van der Waals surface area contributed by atoms with E-state index >= 15 is 0 Å². The number of hydrogen-bond acceptors (Lipinski definition) is 4. The largest absolute Gasteiger partial charge is 0.496 e. The van der Waals surface area contributed by atoms with Gasteiger partial charge >= 0.3 is 0 Å². The van der Waals surface area contributed by atoms with Crippen molar-refractivity contribution in [2.75, 3.05) is 18.2 Å². The highest BCUT2D eigenvalue weighted by atomic mass is 32.2. The second-order valence-corrected chi connectivity index (χ2v) is 7.31. The average molecular weight is 390 g/mol. The Balaban J connectivity index is 1.82. The number of anilines is 1. The first-order chi connectivity index (χ1) is 12.9. The van der Waals surface area contributed by atoms with E-state index in [4.69, 9.17) is 4.74 Å². The number of ether oxygens (including phenoxy) is 1. The van der Waals surface area contributed by atoms with E-state index in [2.05, 4.69) is 10.6 Å². The molecule has 2 aromatic rings. The molecule has 5 nitrogen and oxygen atoms in total.